The SMILES string of the molecule is Cc1cccc(C(O)CN(C)C2CCOC2C)c1. The summed E-state index contributed by atoms with van der Waals surface area (Å²) in [5.74, 6) is 0. The lowest BCUT2D eigenvalue weighted by Crippen LogP contribution is -2.39. The minimum atomic E-state index is -0.428. The lowest BCUT2D eigenvalue weighted by atomic mass is 10.0. The predicted molar refractivity (Wildman–Crippen MR) is 72.6 cm³/mol. The molecule has 0 aromatic heterocycles. The summed E-state index contributed by atoms with van der Waals surface area (Å²) in [5, 5.41) is 10.3. The maximum atomic E-state index is 10.3. The quantitative estimate of drug-likeness (QED) is 0.887. The van der Waals surface area contributed by atoms with Crippen LogP contribution in [0, 0.1) is 6.92 Å². The highest BCUT2D eigenvalue weighted by Crippen LogP contribution is 2.21. The van der Waals surface area contributed by atoms with E-state index < -0.39 is 6.10 Å². The van der Waals surface area contributed by atoms with Crippen molar-refractivity contribution >= 4 is 0 Å². The molecule has 3 unspecified atom stereocenters. The molecule has 1 heterocycles. The first-order chi connectivity index (χ1) is 8.58. The standard InChI is InChI=1S/C15H23NO2/c1-11-5-4-6-13(9-11)15(17)10-16(3)14-7-8-18-12(14)2/h4-6,9,12,14-15,17H,7-8,10H2,1-3H3. The van der Waals surface area contributed by atoms with Crippen LogP contribution in [0.2, 0.25) is 0 Å². The van der Waals surface area contributed by atoms with Crippen molar-refractivity contribution in [1.29, 1.82) is 0 Å². The summed E-state index contributed by atoms with van der Waals surface area (Å²) < 4.78 is 5.57. The van der Waals surface area contributed by atoms with Crippen LogP contribution in [0.3, 0.4) is 0 Å². The largest absolute Gasteiger partial charge is 0.387 e. The van der Waals surface area contributed by atoms with Crippen molar-refractivity contribution in [3.63, 3.8) is 0 Å². The second-order valence-corrected chi connectivity index (χ2v) is 5.30. The van der Waals surface area contributed by atoms with Gasteiger partial charge in [-0.1, -0.05) is 29.8 Å². The van der Waals surface area contributed by atoms with Crippen molar-refractivity contribution in [3.05, 3.63) is 35.4 Å². The second-order valence-electron chi connectivity index (χ2n) is 5.30. The van der Waals surface area contributed by atoms with Crippen LogP contribution in [0.5, 0.6) is 0 Å². The molecule has 1 aromatic carbocycles. The number of likely N-dealkylation sites (N-methyl/N-ethyl adjacent to an activating group) is 1. The normalized spacial score (nSPS) is 25.6. The first kappa shape index (κ1) is 13.5. The van der Waals surface area contributed by atoms with Gasteiger partial charge < -0.3 is 9.84 Å². The number of nitrogens with zero attached hydrogens (tertiary/aromatic N) is 1. The summed E-state index contributed by atoms with van der Waals surface area (Å²) >= 11 is 0. The molecular weight excluding hydrogens is 226 g/mol. The topological polar surface area (TPSA) is 32.7 Å². The molecule has 0 aliphatic carbocycles. The van der Waals surface area contributed by atoms with Crippen molar-refractivity contribution in [2.24, 2.45) is 0 Å². The Morgan fingerprint density at radius 1 is 1.50 bits per heavy atom. The number of hydrogen-bond donors (Lipinski definition) is 1. The molecule has 0 spiro atoms. The fourth-order valence-electron chi connectivity index (χ4n) is 2.69. The Labute approximate surface area is 109 Å². The van der Waals surface area contributed by atoms with Gasteiger partial charge in [0.1, 0.15) is 0 Å². The average Bonchev–Trinajstić information content (AvgIpc) is 2.75. The van der Waals surface area contributed by atoms with E-state index in [9.17, 15) is 5.11 Å². The molecule has 1 aromatic rings. The summed E-state index contributed by atoms with van der Waals surface area (Å²) in [5.41, 5.74) is 2.18. The Morgan fingerprint density at radius 2 is 2.28 bits per heavy atom. The van der Waals surface area contributed by atoms with E-state index in [1.807, 2.05) is 31.2 Å². The highest BCUT2D eigenvalue weighted by molar-refractivity contribution is 5.24. The number of rotatable bonds is 4. The van der Waals surface area contributed by atoms with E-state index in [-0.39, 0.29) is 6.10 Å². The van der Waals surface area contributed by atoms with Crippen LogP contribution in [0.25, 0.3) is 0 Å². The number of ether oxygens (including phenoxy) is 1. The van der Waals surface area contributed by atoms with Crippen molar-refractivity contribution < 1.29 is 9.84 Å². The van der Waals surface area contributed by atoms with E-state index in [4.69, 9.17) is 4.74 Å². The zero-order valence-corrected chi connectivity index (χ0v) is 11.5. The van der Waals surface area contributed by atoms with Gasteiger partial charge in [-0.15, -0.1) is 0 Å². The van der Waals surface area contributed by atoms with E-state index in [1.54, 1.807) is 0 Å². The molecule has 0 radical (unpaired) electrons. The molecular formula is C15H23NO2. The van der Waals surface area contributed by atoms with Crippen LogP contribution in [0.4, 0.5) is 0 Å². The number of aliphatic hydroxyl groups excluding tert-OH is 1. The van der Waals surface area contributed by atoms with Gasteiger partial charge in [0.05, 0.1) is 12.2 Å². The highest BCUT2D eigenvalue weighted by atomic mass is 16.5. The molecule has 1 saturated heterocycles. The van der Waals surface area contributed by atoms with Gasteiger partial charge in [-0.2, -0.15) is 0 Å². The Morgan fingerprint density at radius 3 is 2.89 bits per heavy atom. The van der Waals surface area contributed by atoms with Crippen LogP contribution in [-0.4, -0.2) is 42.4 Å². The first-order valence-corrected chi connectivity index (χ1v) is 6.64. The summed E-state index contributed by atoms with van der Waals surface area (Å²) in [7, 11) is 2.06. The monoisotopic (exact) mass is 249 g/mol. The van der Waals surface area contributed by atoms with E-state index in [1.165, 1.54) is 5.56 Å². The molecule has 0 bridgehead atoms. The van der Waals surface area contributed by atoms with Gasteiger partial charge in [-0.05, 0) is 32.9 Å². The summed E-state index contributed by atoms with van der Waals surface area (Å²) in [6.07, 6.45) is 0.889. The van der Waals surface area contributed by atoms with E-state index in [0.29, 0.717) is 12.6 Å². The van der Waals surface area contributed by atoms with Gasteiger partial charge in [0.25, 0.3) is 0 Å². The molecule has 0 amide bonds. The second kappa shape index (κ2) is 5.83. The lowest BCUT2D eigenvalue weighted by molar-refractivity contribution is 0.0579. The van der Waals surface area contributed by atoms with Crippen molar-refractivity contribution in [2.45, 2.75) is 38.5 Å². The fourth-order valence-corrected chi connectivity index (χ4v) is 2.69. The van der Waals surface area contributed by atoms with E-state index >= 15 is 0 Å². The zero-order valence-electron chi connectivity index (χ0n) is 11.5. The third-order valence-corrected chi connectivity index (χ3v) is 3.79. The molecule has 0 saturated carbocycles. The minimum Gasteiger partial charge on any atom is -0.387 e. The average molecular weight is 249 g/mol. The fraction of sp³-hybridized carbons (Fsp3) is 0.600. The van der Waals surface area contributed by atoms with Gasteiger partial charge in [0.15, 0.2) is 0 Å². The lowest BCUT2D eigenvalue weighted by Gasteiger charge is -2.28. The van der Waals surface area contributed by atoms with Crippen molar-refractivity contribution in [3.8, 4) is 0 Å². The summed E-state index contributed by atoms with van der Waals surface area (Å²) in [6.45, 7) is 5.64. The summed E-state index contributed by atoms with van der Waals surface area (Å²) in [6, 6.07) is 8.50. The van der Waals surface area contributed by atoms with Gasteiger partial charge in [0, 0.05) is 19.2 Å². The molecule has 3 nitrogen and oxygen atoms in total. The Bertz CT molecular complexity index is 394. The van der Waals surface area contributed by atoms with E-state index in [2.05, 4.69) is 18.9 Å². The van der Waals surface area contributed by atoms with Crippen LogP contribution >= 0.6 is 0 Å². The zero-order chi connectivity index (χ0) is 13.1. The maximum Gasteiger partial charge on any atom is 0.0917 e. The first-order valence-electron chi connectivity index (χ1n) is 6.64. The van der Waals surface area contributed by atoms with Gasteiger partial charge in [0.2, 0.25) is 0 Å². The van der Waals surface area contributed by atoms with Crippen LogP contribution in [0.1, 0.15) is 30.6 Å². The molecule has 1 fully saturated rings. The smallest absolute Gasteiger partial charge is 0.0917 e. The summed E-state index contributed by atoms with van der Waals surface area (Å²) in [4.78, 5) is 2.21. The predicted octanol–water partition coefficient (Wildman–Crippen LogP) is 2.14. The molecule has 3 heteroatoms. The van der Waals surface area contributed by atoms with E-state index in [0.717, 1.165) is 18.6 Å². The molecule has 100 valence electrons. The Balaban J connectivity index is 1.96. The third-order valence-electron chi connectivity index (χ3n) is 3.79. The van der Waals surface area contributed by atoms with Gasteiger partial charge >= 0.3 is 0 Å². The molecule has 1 aliphatic heterocycles. The molecule has 18 heavy (non-hydrogen) atoms. The van der Waals surface area contributed by atoms with Gasteiger partial charge in [-0.25, -0.2) is 0 Å². The minimum absolute atomic E-state index is 0.264. The third kappa shape index (κ3) is 3.10. The van der Waals surface area contributed by atoms with Crippen molar-refractivity contribution in [1.82, 2.24) is 4.90 Å². The number of aliphatic hydroxyl groups is 1. The molecule has 1 aliphatic rings. The van der Waals surface area contributed by atoms with Crippen LogP contribution in [0.15, 0.2) is 24.3 Å². The molecule has 3 atom stereocenters. The number of benzene rings is 1. The Hall–Kier alpha value is -0.900. The number of hydrogen-bond acceptors (Lipinski definition) is 3. The number of aryl methyl sites for hydroxylation is 1. The maximum absolute atomic E-state index is 10.3. The molecule has 1 N–H and O–H groups in total. The Kier molecular flexibility index (Phi) is 4.38. The van der Waals surface area contributed by atoms with Crippen molar-refractivity contribution in [2.75, 3.05) is 20.2 Å². The highest BCUT2D eigenvalue weighted by Gasteiger charge is 2.28. The van der Waals surface area contributed by atoms with Crippen LogP contribution in [-0.2, 0) is 4.74 Å². The van der Waals surface area contributed by atoms with Gasteiger partial charge in [-0.3, -0.25) is 4.90 Å². The van der Waals surface area contributed by atoms with Crippen LogP contribution < -0.4 is 0 Å². The molecule has 2 rings (SSSR count).